The van der Waals surface area contributed by atoms with Crippen LogP contribution in [0, 0.1) is 23.7 Å². The fourth-order valence-electron chi connectivity index (χ4n) is 4.62. The molecule has 26 heavy (non-hydrogen) atoms. The van der Waals surface area contributed by atoms with E-state index in [1.165, 1.54) is 11.3 Å². The number of carbonyl (C=O) groups excluding carboxylic acids is 2. The van der Waals surface area contributed by atoms with Crippen molar-refractivity contribution in [3.05, 3.63) is 28.2 Å². The maximum Gasteiger partial charge on any atom is 0.341 e. The molecule has 0 spiro atoms. The maximum atomic E-state index is 12.9. The fraction of sp³-hybridized carbons (Fsp3) is 0.526. The lowest BCUT2D eigenvalue weighted by atomic mass is 9.82. The molecule has 0 saturated heterocycles. The SMILES string of the molecule is CCOC(=O)c1c(NC(=O)[C@@H]2[C@H](C(=O)O)[C@H]3C=C[C@H]2C3)sc2c1CCC2. The topological polar surface area (TPSA) is 92.7 Å². The van der Waals surface area contributed by atoms with Crippen molar-refractivity contribution in [1.29, 1.82) is 0 Å². The molecule has 6 nitrogen and oxygen atoms in total. The van der Waals surface area contributed by atoms with Gasteiger partial charge in [-0.25, -0.2) is 4.79 Å². The minimum Gasteiger partial charge on any atom is -0.481 e. The molecule has 4 rings (SSSR count). The molecule has 3 aliphatic carbocycles. The summed E-state index contributed by atoms with van der Waals surface area (Å²) in [5.41, 5.74) is 1.44. The van der Waals surface area contributed by atoms with Gasteiger partial charge in [-0.1, -0.05) is 12.2 Å². The molecule has 0 aromatic carbocycles. The van der Waals surface area contributed by atoms with Gasteiger partial charge in [0.05, 0.1) is 24.0 Å². The number of allylic oxidation sites excluding steroid dienone is 2. The molecule has 138 valence electrons. The van der Waals surface area contributed by atoms with Gasteiger partial charge in [0, 0.05) is 4.88 Å². The normalized spacial score (nSPS) is 28.2. The Hall–Kier alpha value is -2.15. The number of esters is 1. The van der Waals surface area contributed by atoms with Crippen molar-refractivity contribution in [3.63, 3.8) is 0 Å². The number of carboxylic acid groups (broad SMARTS) is 1. The average molecular weight is 375 g/mol. The van der Waals surface area contributed by atoms with Crippen molar-refractivity contribution in [1.82, 2.24) is 0 Å². The zero-order chi connectivity index (χ0) is 18.4. The van der Waals surface area contributed by atoms with Crippen LogP contribution in [0.25, 0.3) is 0 Å². The van der Waals surface area contributed by atoms with Crippen LogP contribution in [-0.2, 0) is 27.2 Å². The van der Waals surface area contributed by atoms with Crippen LogP contribution < -0.4 is 5.32 Å². The second kappa shape index (κ2) is 6.54. The molecular formula is C19H21NO5S. The van der Waals surface area contributed by atoms with Gasteiger partial charge >= 0.3 is 11.9 Å². The Kier molecular flexibility index (Phi) is 4.34. The van der Waals surface area contributed by atoms with E-state index >= 15 is 0 Å². The molecule has 1 fully saturated rings. The minimum absolute atomic E-state index is 0.0426. The summed E-state index contributed by atoms with van der Waals surface area (Å²) in [7, 11) is 0. The lowest BCUT2D eigenvalue weighted by molar-refractivity contribution is -0.146. The summed E-state index contributed by atoms with van der Waals surface area (Å²) in [6, 6.07) is 0. The van der Waals surface area contributed by atoms with Crippen molar-refractivity contribution >= 4 is 34.2 Å². The predicted molar refractivity (Wildman–Crippen MR) is 96.3 cm³/mol. The highest BCUT2D eigenvalue weighted by molar-refractivity contribution is 7.17. The largest absolute Gasteiger partial charge is 0.481 e. The first-order valence-corrected chi connectivity index (χ1v) is 9.86. The first-order valence-electron chi connectivity index (χ1n) is 9.05. The second-order valence-corrected chi connectivity index (χ2v) is 8.21. The third kappa shape index (κ3) is 2.65. The zero-order valence-corrected chi connectivity index (χ0v) is 15.3. The zero-order valence-electron chi connectivity index (χ0n) is 14.5. The van der Waals surface area contributed by atoms with Crippen LogP contribution in [0.5, 0.6) is 0 Å². The van der Waals surface area contributed by atoms with E-state index in [2.05, 4.69) is 5.32 Å². The van der Waals surface area contributed by atoms with Crippen LogP contribution in [0.3, 0.4) is 0 Å². The van der Waals surface area contributed by atoms with Gasteiger partial charge < -0.3 is 15.2 Å². The molecule has 0 aliphatic heterocycles. The molecule has 0 unspecified atom stereocenters. The van der Waals surface area contributed by atoms with Crippen LogP contribution in [0.15, 0.2) is 12.2 Å². The summed E-state index contributed by atoms with van der Waals surface area (Å²) >= 11 is 1.42. The highest BCUT2D eigenvalue weighted by Crippen LogP contribution is 2.49. The number of thiophene rings is 1. The summed E-state index contributed by atoms with van der Waals surface area (Å²) in [5.74, 6) is -3.05. The van der Waals surface area contributed by atoms with Gasteiger partial charge in [0.2, 0.25) is 5.91 Å². The van der Waals surface area contributed by atoms with Crippen LogP contribution >= 0.6 is 11.3 Å². The lowest BCUT2D eigenvalue weighted by Gasteiger charge is -2.23. The number of rotatable bonds is 5. The Balaban J connectivity index is 1.61. The smallest absolute Gasteiger partial charge is 0.341 e. The first-order chi connectivity index (χ1) is 12.5. The van der Waals surface area contributed by atoms with E-state index in [9.17, 15) is 19.5 Å². The van der Waals surface area contributed by atoms with Gasteiger partial charge in [0.15, 0.2) is 0 Å². The number of hydrogen-bond donors (Lipinski definition) is 2. The average Bonchev–Trinajstić information content (AvgIpc) is 3.33. The molecule has 4 atom stereocenters. The van der Waals surface area contributed by atoms with Gasteiger partial charge in [0.25, 0.3) is 0 Å². The van der Waals surface area contributed by atoms with E-state index in [0.717, 1.165) is 29.7 Å². The van der Waals surface area contributed by atoms with Crippen molar-refractivity contribution in [3.8, 4) is 0 Å². The van der Waals surface area contributed by atoms with E-state index in [-0.39, 0.29) is 24.3 Å². The quantitative estimate of drug-likeness (QED) is 0.610. The number of aliphatic carboxylic acids is 1. The van der Waals surface area contributed by atoms with E-state index < -0.39 is 23.8 Å². The molecule has 2 bridgehead atoms. The molecule has 1 heterocycles. The molecule has 1 aromatic heterocycles. The Labute approximate surface area is 155 Å². The number of fused-ring (bicyclic) bond motifs is 3. The lowest BCUT2D eigenvalue weighted by Crippen LogP contribution is -2.36. The molecule has 7 heteroatoms. The summed E-state index contributed by atoms with van der Waals surface area (Å²) in [6.45, 7) is 2.02. The predicted octanol–water partition coefficient (Wildman–Crippen LogP) is 2.87. The third-order valence-electron chi connectivity index (χ3n) is 5.68. The van der Waals surface area contributed by atoms with E-state index in [1.807, 2.05) is 12.2 Å². The van der Waals surface area contributed by atoms with E-state index in [1.54, 1.807) is 6.92 Å². The van der Waals surface area contributed by atoms with Gasteiger partial charge in [-0.3, -0.25) is 9.59 Å². The molecular weight excluding hydrogens is 354 g/mol. The van der Waals surface area contributed by atoms with Crippen molar-refractivity contribution < 1.29 is 24.2 Å². The number of aryl methyl sites for hydroxylation is 1. The highest BCUT2D eigenvalue weighted by Gasteiger charge is 2.51. The Morgan fingerprint density at radius 1 is 1.23 bits per heavy atom. The third-order valence-corrected chi connectivity index (χ3v) is 6.89. The molecule has 1 amide bonds. The Morgan fingerprint density at radius 2 is 1.96 bits per heavy atom. The van der Waals surface area contributed by atoms with Gasteiger partial charge in [-0.15, -0.1) is 11.3 Å². The molecule has 0 radical (unpaired) electrons. The fourth-order valence-corrected chi connectivity index (χ4v) is 5.90. The van der Waals surface area contributed by atoms with E-state index in [0.29, 0.717) is 17.0 Å². The van der Waals surface area contributed by atoms with Gasteiger partial charge in [-0.2, -0.15) is 0 Å². The Bertz CT molecular complexity index is 811. The molecule has 2 N–H and O–H groups in total. The summed E-state index contributed by atoms with van der Waals surface area (Å²) < 4.78 is 5.18. The second-order valence-electron chi connectivity index (χ2n) is 7.11. The molecule has 1 aromatic rings. The number of carboxylic acids is 1. The standard InChI is InChI=1S/C19H21NO5S/c1-2-25-19(24)15-11-4-3-5-12(11)26-17(15)20-16(21)13-9-6-7-10(8-9)14(13)18(22)23/h6-7,9-10,13-14H,2-5,8H2,1H3,(H,20,21)(H,22,23)/t9-,10-,13-,14+/m0/s1. The van der Waals surface area contributed by atoms with Crippen molar-refractivity contribution in [2.75, 3.05) is 11.9 Å². The van der Waals surface area contributed by atoms with Gasteiger partial charge in [0.1, 0.15) is 5.00 Å². The summed E-state index contributed by atoms with van der Waals surface area (Å²) in [5, 5.41) is 12.9. The first kappa shape index (κ1) is 17.3. The Morgan fingerprint density at radius 3 is 2.65 bits per heavy atom. The summed E-state index contributed by atoms with van der Waals surface area (Å²) in [6.07, 6.45) is 7.29. The van der Waals surface area contributed by atoms with Crippen LogP contribution in [0.2, 0.25) is 0 Å². The maximum absolute atomic E-state index is 12.9. The highest BCUT2D eigenvalue weighted by atomic mass is 32.1. The summed E-state index contributed by atoms with van der Waals surface area (Å²) in [4.78, 5) is 38.1. The molecule has 1 saturated carbocycles. The number of amides is 1. The number of ether oxygens (including phenoxy) is 1. The number of anilines is 1. The molecule has 3 aliphatic rings. The minimum atomic E-state index is -0.929. The van der Waals surface area contributed by atoms with Crippen LogP contribution in [-0.4, -0.2) is 29.6 Å². The number of carbonyl (C=O) groups is 3. The van der Waals surface area contributed by atoms with Crippen LogP contribution in [0.4, 0.5) is 5.00 Å². The monoisotopic (exact) mass is 375 g/mol. The van der Waals surface area contributed by atoms with E-state index in [4.69, 9.17) is 4.74 Å². The van der Waals surface area contributed by atoms with Crippen LogP contribution in [0.1, 0.15) is 40.6 Å². The van der Waals surface area contributed by atoms with Gasteiger partial charge in [-0.05, 0) is 50.0 Å². The van der Waals surface area contributed by atoms with Crippen molar-refractivity contribution in [2.45, 2.75) is 32.6 Å². The number of nitrogens with one attached hydrogen (secondary N) is 1. The number of hydrogen-bond acceptors (Lipinski definition) is 5. The van der Waals surface area contributed by atoms with Crippen molar-refractivity contribution in [2.24, 2.45) is 23.7 Å².